The quantitative estimate of drug-likeness (QED) is 0.627. The Morgan fingerprint density at radius 2 is 2.19 bits per heavy atom. The van der Waals surface area contributed by atoms with Gasteiger partial charge >= 0.3 is 0 Å². The maximum atomic E-state index is 12.5. The average Bonchev–Trinajstić information content (AvgIpc) is 2.46. The lowest BCUT2D eigenvalue weighted by Crippen LogP contribution is -2.42. The molecule has 0 saturated carbocycles. The molecule has 0 amide bonds. The fourth-order valence-corrected chi connectivity index (χ4v) is 3.97. The van der Waals surface area contributed by atoms with Crippen molar-refractivity contribution in [1.29, 1.82) is 0 Å². The molecule has 1 heterocycles. The molecule has 8 nitrogen and oxygen atoms in total. The van der Waals surface area contributed by atoms with Crippen LogP contribution in [0.25, 0.3) is 0 Å². The van der Waals surface area contributed by atoms with E-state index in [1.807, 2.05) is 0 Å². The summed E-state index contributed by atoms with van der Waals surface area (Å²) in [6.45, 7) is 0.220. The monoisotopic (exact) mass is 315 g/mol. The first-order valence-electron chi connectivity index (χ1n) is 6.50. The second-order valence-corrected chi connectivity index (χ2v) is 6.76. The van der Waals surface area contributed by atoms with Crippen LogP contribution >= 0.6 is 0 Å². The van der Waals surface area contributed by atoms with Gasteiger partial charge in [0.2, 0.25) is 10.0 Å². The van der Waals surface area contributed by atoms with Crippen molar-refractivity contribution in [2.24, 2.45) is 0 Å². The topological polar surface area (TPSA) is 113 Å². The molecule has 1 atom stereocenters. The zero-order valence-electron chi connectivity index (χ0n) is 11.5. The number of hydrogen-bond donors (Lipinski definition) is 2. The highest BCUT2D eigenvalue weighted by Gasteiger charge is 2.34. The molecule has 116 valence electrons. The van der Waals surface area contributed by atoms with Crippen molar-refractivity contribution in [3.05, 3.63) is 28.3 Å². The molecule has 1 aromatic rings. The van der Waals surface area contributed by atoms with Crippen LogP contribution in [-0.2, 0) is 10.0 Å². The molecular formula is C12H17N3O5S. The van der Waals surface area contributed by atoms with Crippen LogP contribution in [0.4, 0.5) is 11.4 Å². The molecular weight excluding hydrogens is 298 g/mol. The summed E-state index contributed by atoms with van der Waals surface area (Å²) >= 11 is 0. The second kappa shape index (κ2) is 5.96. The van der Waals surface area contributed by atoms with Crippen LogP contribution in [0, 0.1) is 10.1 Å². The van der Waals surface area contributed by atoms with Crippen molar-refractivity contribution >= 4 is 21.4 Å². The maximum absolute atomic E-state index is 12.5. The SMILES string of the molecule is CNc1ccc(S(=O)(=O)N2CCCC(O)C2)c([N+](=O)[O-])c1. The Bertz CT molecular complexity index is 646. The van der Waals surface area contributed by atoms with Gasteiger partial charge in [-0.15, -0.1) is 0 Å². The van der Waals surface area contributed by atoms with Crippen molar-refractivity contribution < 1.29 is 18.4 Å². The molecule has 1 unspecified atom stereocenters. The number of piperidine rings is 1. The number of nitro benzene ring substituents is 1. The van der Waals surface area contributed by atoms with Gasteiger partial charge in [-0.25, -0.2) is 8.42 Å². The lowest BCUT2D eigenvalue weighted by Gasteiger charge is -2.29. The van der Waals surface area contributed by atoms with E-state index in [9.17, 15) is 23.6 Å². The molecule has 2 N–H and O–H groups in total. The van der Waals surface area contributed by atoms with Gasteiger partial charge < -0.3 is 10.4 Å². The first-order valence-corrected chi connectivity index (χ1v) is 7.94. The van der Waals surface area contributed by atoms with E-state index >= 15 is 0 Å². The summed E-state index contributed by atoms with van der Waals surface area (Å²) in [6, 6.07) is 3.88. The van der Waals surface area contributed by atoms with Crippen molar-refractivity contribution in [2.45, 2.75) is 23.8 Å². The van der Waals surface area contributed by atoms with E-state index in [2.05, 4.69) is 5.32 Å². The van der Waals surface area contributed by atoms with E-state index in [0.717, 1.165) is 4.31 Å². The Labute approximate surface area is 122 Å². The van der Waals surface area contributed by atoms with E-state index < -0.39 is 26.7 Å². The summed E-state index contributed by atoms with van der Waals surface area (Å²) in [5.74, 6) is 0. The smallest absolute Gasteiger partial charge is 0.291 e. The number of sulfonamides is 1. The first kappa shape index (κ1) is 15.7. The van der Waals surface area contributed by atoms with E-state index in [1.54, 1.807) is 7.05 Å². The summed E-state index contributed by atoms with van der Waals surface area (Å²) < 4.78 is 26.2. The lowest BCUT2D eigenvalue weighted by molar-refractivity contribution is -0.387. The fourth-order valence-electron chi connectivity index (χ4n) is 2.31. The van der Waals surface area contributed by atoms with Crippen molar-refractivity contribution in [1.82, 2.24) is 4.31 Å². The maximum Gasteiger partial charge on any atom is 0.291 e. The number of β-amino-alcohol motifs (C(OH)–C–C–N with tert-alkyl or cyclic N) is 1. The molecule has 21 heavy (non-hydrogen) atoms. The predicted molar refractivity (Wildman–Crippen MR) is 76.6 cm³/mol. The Hall–Kier alpha value is -1.71. The van der Waals surface area contributed by atoms with Crippen LogP contribution in [0.5, 0.6) is 0 Å². The fraction of sp³-hybridized carbons (Fsp3) is 0.500. The van der Waals surface area contributed by atoms with E-state index in [-0.39, 0.29) is 18.0 Å². The van der Waals surface area contributed by atoms with Crippen molar-refractivity contribution in [3.63, 3.8) is 0 Å². The number of aliphatic hydroxyl groups excluding tert-OH is 1. The number of rotatable bonds is 4. The van der Waals surface area contributed by atoms with Gasteiger partial charge in [-0.2, -0.15) is 4.31 Å². The van der Waals surface area contributed by atoms with E-state index in [1.165, 1.54) is 18.2 Å². The van der Waals surface area contributed by atoms with Gasteiger partial charge in [-0.3, -0.25) is 10.1 Å². The van der Waals surface area contributed by atoms with Gasteiger partial charge in [0.1, 0.15) is 0 Å². The Morgan fingerprint density at radius 3 is 2.76 bits per heavy atom. The highest BCUT2D eigenvalue weighted by molar-refractivity contribution is 7.89. The Balaban J connectivity index is 2.46. The summed E-state index contributed by atoms with van der Waals surface area (Å²) in [5, 5.41) is 23.5. The lowest BCUT2D eigenvalue weighted by atomic mass is 10.1. The number of anilines is 1. The number of aliphatic hydroxyl groups is 1. The summed E-state index contributed by atoms with van der Waals surface area (Å²) in [4.78, 5) is 10.1. The van der Waals surface area contributed by atoms with E-state index in [4.69, 9.17) is 0 Å². The minimum absolute atomic E-state index is 0.0345. The van der Waals surface area contributed by atoms with Crippen LogP contribution in [0.2, 0.25) is 0 Å². The predicted octanol–water partition coefficient (Wildman–Crippen LogP) is 0.782. The van der Waals surface area contributed by atoms with Crippen LogP contribution in [0.3, 0.4) is 0 Å². The molecule has 1 fully saturated rings. The van der Waals surface area contributed by atoms with Gasteiger partial charge in [-0.05, 0) is 25.0 Å². The van der Waals surface area contributed by atoms with E-state index in [0.29, 0.717) is 18.5 Å². The molecule has 1 aromatic carbocycles. The summed E-state index contributed by atoms with van der Waals surface area (Å²) in [6.07, 6.45) is 0.333. The molecule has 0 aromatic heterocycles. The number of nitrogens with zero attached hydrogens (tertiary/aromatic N) is 2. The van der Waals surface area contributed by atoms with Gasteiger partial charge in [0, 0.05) is 31.9 Å². The van der Waals surface area contributed by atoms with Crippen LogP contribution < -0.4 is 5.32 Å². The number of nitrogens with one attached hydrogen (secondary N) is 1. The van der Waals surface area contributed by atoms with Crippen LogP contribution in [-0.4, -0.2) is 49.0 Å². The summed E-state index contributed by atoms with van der Waals surface area (Å²) in [7, 11) is -2.40. The molecule has 0 aliphatic carbocycles. The number of benzene rings is 1. The third-order valence-electron chi connectivity index (χ3n) is 3.42. The zero-order valence-corrected chi connectivity index (χ0v) is 12.3. The normalized spacial score (nSPS) is 20.2. The second-order valence-electron chi connectivity index (χ2n) is 4.85. The van der Waals surface area contributed by atoms with Gasteiger partial charge in [0.05, 0.1) is 11.0 Å². The standard InChI is InChI=1S/C12H17N3O5S/c1-13-9-4-5-12(11(7-9)15(17)18)21(19,20)14-6-2-3-10(16)8-14/h4-5,7,10,13,16H,2-3,6,8H2,1H3. The Morgan fingerprint density at radius 1 is 1.48 bits per heavy atom. The molecule has 9 heteroatoms. The third kappa shape index (κ3) is 3.14. The van der Waals surface area contributed by atoms with Crippen molar-refractivity contribution in [3.8, 4) is 0 Å². The highest BCUT2D eigenvalue weighted by atomic mass is 32.2. The molecule has 0 bridgehead atoms. The molecule has 0 radical (unpaired) electrons. The van der Waals surface area contributed by atoms with Crippen molar-refractivity contribution in [2.75, 3.05) is 25.5 Å². The minimum atomic E-state index is -3.99. The zero-order chi connectivity index (χ0) is 15.6. The highest BCUT2D eigenvalue weighted by Crippen LogP contribution is 2.30. The molecule has 0 spiro atoms. The number of nitro groups is 1. The first-order chi connectivity index (χ1) is 9.86. The largest absolute Gasteiger partial charge is 0.392 e. The van der Waals surface area contributed by atoms with Gasteiger partial charge in [0.25, 0.3) is 5.69 Å². The van der Waals surface area contributed by atoms with Crippen LogP contribution in [0.15, 0.2) is 23.1 Å². The third-order valence-corrected chi connectivity index (χ3v) is 5.33. The Kier molecular flexibility index (Phi) is 4.45. The van der Waals surface area contributed by atoms with Gasteiger partial charge in [-0.1, -0.05) is 0 Å². The minimum Gasteiger partial charge on any atom is -0.392 e. The average molecular weight is 315 g/mol. The molecule has 1 aliphatic rings. The molecule has 2 rings (SSSR count). The van der Waals surface area contributed by atoms with Crippen LogP contribution in [0.1, 0.15) is 12.8 Å². The number of hydrogen-bond acceptors (Lipinski definition) is 6. The molecule has 1 saturated heterocycles. The van der Waals surface area contributed by atoms with Gasteiger partial charge in [0.15, 0.2) is 4.90 Å². The molecule has 1 aliphatic heterocycles. The summed E-state index contributed by atoms with van der Waals surface area (Å²) in [5.41, 5.74) is -0.0127.